The van der Waals surface area contributed by atoms with Gasteiger partial charge in [0.1, 0.15) is 6.04 Å². The maximum atomic E-state index is 13.0. The summed E-state index contributed by atoms with van der Waals surface area (Å²) in [5.74, 6) is -0.650. The highest BCUT2D eigenvalue weighted by molar-refractivity contribution is 9.11. The van der Waals surface area contributed by atoms with Gasteiger partial charge >= 0.3 is 0 Å². The van der Waals surface area contributed by atoms with Crippen LogP contribution in [0, 0.1) is 0 Å². The Kier molecular flexibility index (Phi) is 6.22. The molecule has 0 radical (unpaired) electrons. The highest BCUT2D eigenvalue weighted by atomic mass is 79.9. The number of amides is 2. The van der Waals surface area contributed by atoms with Crippen LogP contribution in [0.4, 0.5) is 5.69 Å². The van der Waals surface area contributed by atoms with E-state index in [0.29, 0.717) is 28.3 Å². The van der Waals surface area contributed by atoms with Crippen LogP contribution in [0.3, 0.4) is 0 Å². The molecule has 0 spiro atoms. The van der Waals surface area contributed by atoms with E-state index in [4.69, 9.17) is 10.4 Å². The van der Waals surface area contributed by atoms with E-state index in [9.17, 15) is 9.59 Å². The third-order valence-electron chi connectivity index (χ3n) is 3.79. The number of hydroxylamine groups is 2. The molecule has 2 rings (SSSR count). The fourth-order valence-corrected chi connectivity index (χ4v) is 3.90. The van der Waals surface area contributed by atoms with Crippen molar-refractivity contribution in [3.05, 3.63) is 37.1 Å². The quantitative estimate of drug-likeness (QED) is 0.296. The Hall–Kier alpha value is -1.61. The smallest absolute Gasteiger partial charge is 0.268 e. The van der Waals surface area contributed by atoms with Crippen molar-refractivity contribution in [1.82, 2.24) is 9.96 Å². The van der Waals surface area contributed by atoms with Crippen molar-refractivity contribution in [3.8, 4) is 0 Å². The van der Waals surface area contributed by atoms with Crippen molar-refractivity contribution in [2.24, 2.45) is 5.11 Å². The van der Waals surface area contributed by atoms with E-state index in [1.54, 1.807) is 12.1 Å². The van der Waals surface area contributed by atoms with Crippen molar-refractivity contribution in [2.45, 2.75) is 18.9 Å². The topological polar surface area (TPSA) is 98.6 Å². The molecule has 0 saturated carbocycles. The monoisotopic (exact) mass is 459 g/mol. The molecule has 2 amide bonds. The lowest BCUT2D eigenvalue weighted by atomic mass is 10.1. The molecule has 10 heteroatoms. The van der Waals surface area contributed by atoms with Crippen LogP contribution in [0.1, 0.15) is 23.2 Å². The first-order chi connectivity index (χ1) is 11.4. The molecule has 1 fully saturated rings. The molecule has 0 aliphatic carbocycles. The third kappa shape index (κ3) is 3.72. The largest absolute Gasteiger partial charge is 0.327 e. The van der Waals surface area contributed by atoms with Gasteiger partial charge in [-0.25, -0.2) is 5.06 Å². The summed E-state index contributed by atoms with van der Waals surface area (Å²) in [4.78, 5) is 34.5. The van der Waals surface area contributed by atoms with E-state index in [1.165, 1.54) is 19.1 Å². The van der Waals surface area contributed by atoms with Crippen LogP contribution in [-0.2, 0) is 9.63 Å². The van der Waals surface area contributed by atoms with Gasteiger partial charge in [-0.1, -0.05) is 37.0 Å². The van der Waals surface area contributed by atoms with Gasteiger partial charge in [-0.2, -0.15) is 0 Å². The van der Waals surface area contributed by atoms with E-state index in [2.05, 4.69) is 41.9 Å². The highest BCUT2D eigenvalue weighted by Crippen LogP contribution is 2.35. The molecule has 8 nitrogen and oxygen atoms in total. The number of hydrogen-bond acceptors (Lipinski definition) is 4. The van der Waals surface area contributed by atoms with Crippen molar-refractivity contribution in [1.29, 1.82) is 0 Å². The van der Waals surface area contributed by atoms with Gasteiger partial charge in [0.25, 0.3) is 11.8 Å². The van der Waals surface area contributed by atoms with Gasteiger partial charge in [-0.15, -0.1) is 0 Å². The Bertz CT molecular complexity index is 721. The molecule has 24 heavy (non-hydrogen) atoms. The molecule has 1 atom stereocenters. The molecule has 1 saturated heterocycles. The average Bonchev–Trinajstić information content (AvgIpc) is 3.04. The Morgan fingerprint density at radius 3 is 2.79 bits per heavy atom. The van der Waals surface area contributed by atoms with Crippen LogP contribution in [-0.4, -0.2) is 48.5 Å². The van der Waals surface area contributed by atoms with Crippen molar-refractivity contribution >= 4 is 49.4 Å². The molecular formula is C14H15Br2N5O3. The molecule has 0 aromatic heterocycles. The van der Waals surface area contributed by atoms with Crippen LogP contribution in [0.15, 0.2) is 26.2 Å². The molecule has 0 bridgehead atoms. The number of nitrogens with zero attached hydrogens (tertiary/aromatic N) is 5. The molecule has 1 heterocycles. The molecule has 1 aliphatic heterocycles. The van der Waals surface area contributed by atoms with Crippen molar-refractivity contribution < 1.29 is 14.4 Å². The zero-order chi connectivity index (χ0) is 17.9. The zero-order valence-corrected chi connectivity index (χ0v) is 16.2. The number of carbonyl (C=O) groups is 2. The van der Waals surface area contributed by atoms with Crippen LogP contribution < -0.4 is 0 Å². The second kappa shape index (κ2) is 7.98. The zero-order valence-electron chi connectivity index (χ0n) is 13.1. The fraction of sp³-hybridized carbons (Fsp3) is 0.429. The summed E-state index contributed by atoms with van der Waals surface area (Å²) >= 11 is 6.62. The second-order valence-electron chi connectivity index (χ2n) is 5.15. The van der Waals surface area contributed by atoms with Crippen LogP contribution in [0.5, 0.6) is 0 Å². The molecular weight excluding hydrogens is 446 g/mol. The van der Waals surface area contributed by atoms with Gasteiger partial charge in [-0.05, 0) is 30.5 Å². The van der Waals surface area contributed by atoms with E-state index in [-0.39, 0.29) is 23.1 Å². The number of carbonyl (C=O) groups excluding carboxylic acids is 2. The molecule has 0 N–H and O–H groups in total. The van der Waals surface area contributed by atoms with Crippen LogP contribution in [0.2, 0.25) is 0 Å². The van der Waals surface area contributed by atoms with Crippen LogP contribution in [0.25, 0.3) is 10.4 Å². The summed E-state index contributed by atoms with van der Waals surface area (Å²) < 4.78 is 1.15. The van der Waals surface area contributed by atoms with E-state index < -0.39 is 6.04 Å². The van der Waals surface area contributed by atoms with Crippen molar-refractivity contribution in [3.63, 3.8) is 0 Å². The number of benzene rings is 1. The van der Waals surface area contributed by atoms with Crippen molar-refractivity contribution in [2.75, 3.05) is 20.7 Å². The first kappa shape index (κ1) is 18.7. The number of likely N-dealkylation sites (N-methyl/N-ethyl adjacent to an activating group) is 1. The van der Waals surface area contributed by atoms with Gasteiger partial charge in [0.2, 0.25) is 0 Å². The SMILES string of the molecule is CON(C)C(=O)[C@@H]1CCCN1C(=O)c1cc(Br)cc(Br)c1N=[N+]=[N-]. The van der Waals surface area contributed by atoms with E-state index in [1.807, 2.05) is 0 Å². The van der Waals surface area contributed by atoms with E-state index in [0.717, 1.165) is 5.06 Å². The minimum atomic E-state index is -0.598. The lowest BCUT2D eigenvalue weighted by molar-refractivity contribution is -0.172. The third-order valence-corrected chi connectivity index (χ3v) is 4.85. The average molecular weight is 461 g/mol. The Morgan fingerprint density at radius 2 is 2.17 bits per heavy atom. The fourth-order valence-electron chi connectivity index (χ4n) is 2.60. The number of halogens is 2. The van der Waals surface area contributed by atoms with Crippen LogP contribution >= 0.6 is 31.9 Å². The Labute approximate surface area is 155 Å². The Balaban J connectivity index is 2.41. The minimum Gasteiger partial charge on any atom is -0.327 e. The number of likely N-dealkylation sites (tertiary alicyclic amines) is 1. The number of rotatable bonds is 4. The van der Waals surface area contributed by atoms with E-state index >= 15 is 0 Å². The second-order valence-corrected chi connectivity index (χ2v) is 6.92. The first-order valence-corrected chi connectivity index (χ1v) is 8.66. The summed E-state index contributed by atoms with van der Waals surface area (Å²) in [6.45, 7) is 0.451. The van der Waals surface area contributed by atoms with Gasteiger partial charge in [0.15, 0.2) is 0 Å². The first-order valence-electron chi connectivity index (χ1n) is 7.07. The predicted molar refractivity (Wildman–Crippen MR) is 94.5 cm³/mol. The van der Waals surface area contributed by atoms with Gasteiger partial charge in [0.05, 0.1) is 18.4 Å². The Morgan fingerprint density at radius 1 is 1.46 bits per heavy atom. The minimum absolute atomic E-state index is 0.198. The van der Waals surface area contributed by atoms with Gasteiger partial charge in [-0.3, -0.25) is 14.4 Å². The highest BCUT2D eigenvalue weighted by Gasteiger charge is 2.37. The maximum absolute atomic E-state index is 13.0. The number of hydrogen-bond donors (Lipinski definition) is 0. The number of azide groups is 1. The lowest BCUT2D eigenvalue weighted by Gasteiger charge is -2.27. The predicted octanol–water partition coefficient (Wildman–Crippen LogP) is 3.78. The van der Waals surface area contributed by atoms with Gasteiger partial charge < -0.3 is 4.90 Å². The molecule has 1 aromatic carbocycles. The molecule has 1 aliphatic rings. The lowest BCUT2D eigenvalue weighted by Crippen LogP contribution is -2.46. The summed E-state index contributed by atoms with van der Waals surface area (Å²) in [6, 6.07) is 2.67. The van der Waals surface area contributed by atoms with Gasteiger partial charge in [0, 0.05) is 27.4 Å². The summed E-state index contributed by atoms with van der Waals surface area (Å²) in [5.41, 5.74) is 9.18. The maximum Gasteiger partial charge on any atom is 0.268 e. The summed E-state index contributed by atoms with van der Waals surface area (Å²) in [5, 5.41) is 4.72. The summed E-state index contributed by atoms with van der Waals surface area (Å²) in [6.07, 6.45) is 1.27. The molecule has 128 valence electrons. The standard InChI is InChI=1S/C14H15Br2N5O3/c1-20(24-2)14(23)11-4-3-5-21(11)13(22)9-6-8(15)7-10(16)12(9)18-19-17/h6-7,11H,3-5H2,1-2H3/t11-/m0/s1. The summed E-state index contributed by atoms with van der Waals surface area (Å²) in [7, 11) is 2.90. The molecule has 1 aromatic rings. The normalized spacial score (nSPS) is 16.7. The molecule has 0 unspecified atom stereocenters.